The highest BCUT2D eigenvalue weighted by Crippen LogP contribution is 2.35. The number of benzene rings is 1. The average molecular weight is 409 g/mol. The van der Waals surface area contributed by atoms with E-state index in [9.17, 15) is 9.59 Å². The number of rotatable bonds is 5. The van der Waals surface area contributed by atoms with Gasteiger partial charge in [-0.3, -0.25) is 14.3 Å². The number of carbonyl (C=O) groups excluding carboxylic acids is 1. The third-order valence-corrected chi connectivity index (χ3v) is 6.74. The molecule has 1 saturated carbocycles. The zero-order valence-electron chi connectivity index (χ0n) is 16.6. The van der Waals surface area contributed by atoms with E-state index in [0.29, 0.717) is 22.2 Å². The van der Waals surface area contributed by atoms with Crippen LogP contribution in [-0.2, 0) is 7.05 Å². The molecule has 0 radical (unpaired) electrons. The first-order chi connectivity index (χ1) is 14.1. The maximum absolute atomic E-state index is 13.0. The minimum atomic E-state index is -0.301. The van der Waals surface area contributed by atoms with Crippen LogP contribution in [0.4, 0.5) is 5.69 Å². The molecule has 0 spiro atoms. The SMILES string of the molecule is Cc1c(NC(=O)c2cccnc2SC2CCCC2)c(=O)n(-c2ccccc2)n1C. The summed E-state index contributed by atoms with van der Waals surface area (Å²) in [6.07, 6.45) is 6.48. The standard InChI is InChI=1S/C22H24N4O2S/c1-15-19(22(28)26(25(15)2)16-9-4-3-5-10-16)24-20(27)18-13-8-14-23-21(18)29-17-11-6-7-12-17/h3-5,8-10,13-14,17H,6-7,11-12H2,1-2H3,(H,24,27). The second-order valence-corrected chi connectivity index (χ2v) is 8.56. The van der Waals surface area contributed by atoms with Crippen LogP contribution in [0, 0.1) is 6.92 Å². The van der Waals surface area contributed by atoms with E-state index < -0.39 is 0 Å². The maximum atomic E-state index is 13.0. The molecule has 0 unspecified atom stereocenters. The molecule has 0 bridgehead atoms. The van der Waals surface area contributed by atoms with Gasteiger partial charge in [0.25, 0.3) is 11.5 Å². The van der Waals surface area contributed by atoms with Crippen LogP contribution in [-0.4, -0.2) is 25.5 Å². The van der Waals surface area contributed by atoms with Gasteiger partial charge in [-0.1, -0.05) is 31.0 Å². The van der Waals surface area contributed by atoms with Gasteiger partial charge in [0.15, 0.2) is 0 Å². The summed E-state index contributed by atoms with van der Waals surface area (Å²) in [5.41, 5.74) is 2.00. The molecule has 7 heteroatoms. The van der Waals surface area contributed by atoms with E-state index in [2.05, 4.69) is 10.3 Å². The predicted molar refractivity (Wildman–Crippen MR) is 116 cm³/mol. The van der Waals surface area contributed by atoms with Crippen LogP contribution in [0.2, 0.25) is 0 Å². The second kappa shape index (κ2) is 8.29. The zero-order chi connectivity index (χ0) is 20.4. The predicted octanol–water partition coefficient (Wildman–Crippen LogP) is 4.17. The molecule has 1 aliphatic carbocycles. The smallest absolute Gasteiger partial charge is 0.295 e. The van der Waals surface area contributed by atoms with Crippen molar-refractivity contribution in [3.63, 3.8) is 0 Å². The molecule has 6 nitrogen and oxygen atoms in total. The van der Waals surface area contributed by atoms with Crippen LogP contribution in [0.1, 0.15) is 41.7 Å². The number of para-hydroxylation sites is 1. The molecule has 3 aromatic rings. The van der Waals surface area contributed by atoms with E-state index in [1.165, 1.54) is 12.8 Å². The van der Waals surface area contributed by atoms with Gasteiger partial charge in [-0.05, 0) is 44.0 Å². The van der Waals surface area contributed by atoms with Crippen LogP contribution in [0.5, 0.6) is 0 Å². The van der Waals surface area contributed by atoms with E-state index in [1.807, 2.05) is 44.3 Å². The van der Waals surface area contributed by atoms with Crippen molar-refractivity contribution in [2.75, 3.05) is 5.32 Å². The Morgan fingerprint density at radius 2 is 1.86 bits per heavy atom. The van der Waals surface area contributed by atoms with Crippen molar-refractivity contribution in [3.05, 3.63) is 70.3 Å². The van der Waals surface area contributed by atoms with Crippen LogP contribution >= 0.6 is 11.8 Å². The molecule has 150 valence electrons. The van der Waals surface area contributed by atoms with Crippen LogP contribution in [0.25, 0.3) is 5.69 Å². The second-order valence-electron chi connectivity index (χ2n) is 7.27. The van der Waals surface area contributed by atoms with Crippen molar-refractivity contribution >= 4 is 23.4 Å². The van der Waals surface area contributed by atoms with Crippen molar-refractivity contribution in [3.8, 4) is 5.69 Å². The fraction of sp³-hybridized carbons (Fsp3) is 0.318. The van der Waals surface area contributed by atoms with Gasteiger partial charge in [0.2, 0.25) is 0 Å². The summed E-state index contributed by atoms with van der Waals surface area (Å²) in [6, 6.07) is 12.9. The number of amides is 1. The van der Waals surface area contributed by atoms with Crippen LogP contribution in [0.3, 0.4) is 0 Å². The van der Waals surface area contributed by atoms with Gasteiger partial charge in [-0.25, -0.2) is 9.67 Å². The van der Waals surface area contributed by atoms with Crippen molar-refractivity contribution < 1.29 is 4.79 Å². The third kappa shape index (κ3) is 3.87. The Morgan fingerprint density at radius 3 is 2.59 bits per heavy atom. The highest BCUT2D eigenvalue weighted by Gasteiger charge is 2.23. The Hall–Kier alpha value is -2.80. The molecule has 1 N–H and O–H groups in total. The molecule has 0 aliphatic heterocycles. The maximum Gasteiger partial charge on any atom is 0.295 e. The van der Waals surface area contributed by atoms with E-state index in [4.69, 9.17) is 0 Å². The highest BCUT2D eigenvalue weighted by molar-refractivity contribution is 7.99. The van der Waals surface area contributed by atoms with Crippen molar-refractivity contribution in [2.45, 2.75) is 42.9 Å². The highest BCUT2D eigenvalue weighted by atomic mass is 32.2. The Kier molecular flexibility index (Phi) is 5.58. The number of anilines is 1. The zero-order valence-corrected chi connectivity index (χ0v) is 17.4. The minimum Gasteiger partial charge on any atom is -0.316 e. The topological polar surface area (TPSA) is 68.9 Å². The van der Waals surface area contributed by atoms with Crippen molar-refractivity contribution in [1.29, 1.82) is 0 Å². The first-order valence-corrected chi connectivity index (χ1v) is 10.7. The molecule has 2 heterocycles. The molecule has 0 saturated heterocycles. The summed E-state index contributed by atoms with van der Waals surface area (Å²) in [4.78, 5) is 30.5. The number of carbonyl (C=O) groups is 1. The number of thioether (sulfide) groups is 1. The number of nitrogens with zero attached hydrogens (tertiary/aromatic N) is 3. The fourth-order valence-electron chi connectivity index (χ4n) is 3.71. The van der Waals surface area contributed by atoms with Gasteiger partial charge < -0.3 is 5.32 Å². The van der Waals surface area contributed by atoms with Gasteiger partial charge in [0, 0.05) is 18.5 Å². The lowest BCUT2D eigenvalue weighted by molar-refractivity contribution is 0.102. The fourth-order valence-corrected chi connectivity index (χ4v) is 5.01. The van der Waals surface area contributed by atoms with Crippen molar-refractivity contribution in [1.82, 2.24) is 14.3 Å². The summed E-state index contributed by atoms with van der Waals surface area (Å²) in [7, 11) is 1.81. The molecule has 1 amide bonds. The molecular weight excluding hydrogens is 384 g/mol. The summed E-state index contributed by atoms with van der Waals surface area (Å²) < 4.78 is 3.31. The lowest BCUT2D eigenvalue weighted by Crippen LogP contribution is -2.23. The van der Waals surface area contributed by atoms with Gasteiger partial charge in [-0.15, -0.1) is 11.8 Å². The first-order valence-electron chi connectivity index (χ1n) is 9.83. The lowest BCUT2D eigenvalue weighted by atomic mass is 10.2. The molecule has 1 aromatic carbocycles. The largest absolute Gasteiger partial charge is 0.316 e. The van der Waals surface area contributed by atoms with E-state index >= 15 is 0 Å². The van der Waals surface area contributed by atoms with Crippen LogP contribution in [0.15, 0.2) is 58.5 Å². The van der Waals surface area contributed by atoms with Gasteiger partial charge in [0.1, 0.15) is 10.7 Å². The minimum absolute atomic E-state index is 0.251. The number of hydrogen-bond donors (Lipinski definition) is 1. The number of hydrogen-bond acceptors (Lipinski definition) is 4. The quantitative estimate of drug-likeness (QED) is 0.688. The molecule has 4 rings (SSSR count). The number of nitrogens with one attached hydrogen (secondary N) is 1. The molecule has 1 aliphatic rings. The summed E-state index contributed by atoms with van der Waals surface area (Å²) in [5.74, 6) is -0.301. The van der Waals surface area contributed by atoms with Gasteiger partial charge in [0.05, 0.1) is 16.9 Å². The Bertz CT molecular complexity index is 1080. The van der Waals surface area contributed by atoms with E-state index in [-0.39, 0.29) is 11.5 Å². The normalized spacial score (nSPS) is 14.3. The summed E-state index contributed by atoms with van der Waals surface area (Å²) >= 11 is 1.67. The number of pyridine rings is 1. The lowest BCUT2D eigenvalue weighted by Gasteiger charge is -2.12. The monoisotopic (exact) mass is 408 g/mol. The van der Waals surface area contributed by atoms with Gasteiger partial charge in [-0.2, -0.15) is 0 Å². The molecule has 29 heavy (non-hydrogen) atoms. The average Bonchev–Trinajstić information content (AvgIpc) is 3.32. The first kappa shape index (κ1) is 19.5. The third-order valence-electron chi connectivity index (χ3n) is 5.39. The molecule has 2 aromatic heterocycles. The van der Waals surface area contributed by atoms with E-state index in [0.717, 1.165) is 23.6 Å². The molecular formula is C22H24N4O2S. The number of aromatic nitrogens is 3. The van der Waals surface area contributed by atoms with Crippen molar-refractivity contribution in [2.24, 2.45) is 7.05 Å². The summed E-state index contributed by atoms with van der Waals surface area (Å²) in [5, 5.41) is 4.08. The Labute approximate surface area is 173 Å². The van der Waals surface area contributed by atoms with Crippen LogP contribution < -0.4 is 10.9 Å². The Morgan fingerprint density at radius 1 is 1.14 bits per heavy atom. The van der Waals surface area contributed by atoms with E-state index in [1.54, 1.807) is 39.5 Å². The molecule has 0 atom stereocenters. The molecule has 1 fully saturated rings. The Balaban J connectivity index is 1.64. The summed E-state index contributed by atoms with van der Waals surface area (Å²) in [6.45, 7) is 1.83. The van der Waals surface area contributed by atoms with Gasteiger partial charge >= 0.3 is 0 Å².